The van der Waals surface area contributed by atoms with Crippen LogP contribution in [0.1, 0.15) is 17.9 Å². The third kappa shape index (κ3) is 2.25. The Balaban J connectivity index is 2.16. The Labute approximate surface area is 94.0 Å². The number of thioether (sulfide) groups is 1. The van der Waals surface area contributed by atoms with Crippen LogP contribution in [0.15, 0.2) is 24.3 Å². The van der Waals surface area contributed by atoms with Crippen molar-refractivity contribution in [1.82, 2.24) is 0 Å². The first-order chi connectivity index (χ1) is 6.77. The summed E-state index contributed by atoms with van der Waals surface area (Å²) < 4.78 is 0. The van der Waals surface area contributed by atoms with Crippen LogP contribution in [-0.2, 0) is 0 Å². The monoisotopic (exact) mass is 227 g/mol. The molecule has 2 unspecified atom stereocenters. The summed E-state index contributed by atoms with van der Waals surface area (Å²) >= 11 is 7.81. The zero-order valence-corrected chi connectivity index (χ0v) is 9.52. The Morgan fingerprint density at radius 2 is 2.00 bits per heavy atom. The van der Waals surface area contributed by atoms with Crippen LogP contribution in [0.4, 0.5) is 0 Å². The van der Waals surface area contributed by atoms with Crippen molar-refractivity contribution in [3.63, 3.8) is 0 Å². The van der Waals surface area contributed by atoms with Crippen LogP contribution >= 0.6 is 23.4 Å². The van der Waals surface area contributed by atoms with E-state index in [1.807, 2.05) is 23.9 Å². The largest absolute Gasteiger partial charge is 0.326 e. The molecule has 1 nitrogen and oxygen atoms in total. The lowest BCUT2D eigenvalue weighted by atomic mass is 9.90. The fourth-order valence-corrected chi connectivity index (χ4v) is 3.10. The smallest absolute Gasteiger partial charge is 0.0406 e. The minimum absolute atomic E-state index is 0.301. The van der Waals surface area contributed by atoms with Gasteiger partial charge in [0.15, 0.2) is 0 Å². The molecule has 0 aromatic heterocycles. The number of halogens is 1. The molecule has 1 heterocycles. The van der Waals surface area contributed by atoms with E-state index < -0.39 is 0 Å². The van der Waals surface area contributed by atoms with Crippen molar-refractivity contribution in [3.8, 4) is 0 Å². The van der Waals surface area contributed by atoms with E-state index in [0.29, 0.717) is 12.0 Å². The Hall–Kier alpha value is -0.180. The highest BCUT2D eigenvalue weighted by Gasteiger charge is 2.23. The first kappa shape index (κ1) is 10.3. The third-order valence-electron chi connectivity index (χ3n) is 2.70. The molecule has 0 spiro atoms. The van der Waals surface area contributed by atoms with Gasteiger partial charge in [0, 0.05) is 22.7 Å². The molecule has 0 aliphatic carbocycles. The van der Waals surface area contributed by atoms with E-state index in [9.17, 15) is 0 Å². The summed E-state index contributed by atoms with van der Waals surface area (Å²) in [5.41, 5.74) is 7.43. The fourth-order valence-electron chi connectivity index (χ4n) is 1.88. The van der Waals surface area contributed by atoms with E-state index in [0.717, 1.165) is 10.8 Å². The van der Waals surface area contributed by atoms with Crippen LogP contribution in [0.25, 0.3) is 0 Å². The Bertz CT molecular complexity index is 299. The summed E-state index contributed by atoms with van der Waals surface area (Å²) in [7, 11) is 0. The van der Waals surface area contributed by atoms with Gasteiger partial charge in [-0.3, -0.25) is 0 Å². The van der Waals surface area contributed by atoms with Gasteiger partial charge in [-0.25, -0.2) is 0 Å². The van der Waals surface area contributed by atoms with Gasteiger partial charge in [-0.2, -0.15) is 11.8 Å². The van der Waals surface area contributed by atoms with Crippen LogP contribution in [0, 0.1) is 0 Å². The zero-order chi connectivity index (χ0) is 9.97. The van der Waals surface area contributed by atoms with Crippen LogP contribution in [0.5, 0.6) is 0 Å². The van der Waals surface area contributed by atoms with Gasteiger partial charge < -0.3 is 5.73 Å². The predicted molar refractivity (Wildman–Crippen MR) is 64.1 cm³/mol. The van der Waals surface area contributed by atoms with Crippen molar-refractivity contribution < 1.29 is 0 Å². The predicted octanol–water partition coefficient (Wildman–Crippen LogP) is 2.89. The molecule has 3 heteroatoms. The molecule has 14 heavy (non-hydrogen) atoms. The standard InChI is InChI=1S/C11H14ClNS/c12-9-3-1-8(2-4-9)10-5-6-14-7-11(10)13/h1-4,10-11H,5-7,13H2. The molecule has 2 atom stereocenters. The highest BCUT2D eigenvalue weighted by Crippen LogP contribution is 2.31. The molecule has 1 aliphatic heterocycles. The first-order valence-electron chi connectivity index (χ1n) is 4.86. The average Bonchev–Trinajstić information content (AvgIpc) is 2.20. The van der Waals surface area contributed by atoms with Crippen molar-refractivity contribution >= 4 is 23.4 Å². The normalized spacial score (nSPS) is 27.6. The summed E-state index contributed by atoms with van der Waals surface area (Å²) in [6, 6.07) is 8.40. The van der Waals surface area contributed by atoms with Gasteiger partial charge in [-0.05, 0) is 29.9 Å². The number of benzene rings is 1. The maximum atomic E-state index is 6.10. The molecule has 0 radical (unpaired) electrons. The van der Waals surface area contributed by atoms with Gasteiger partial charge in [0.2, 0.25) is 0 Å². The van der Waals surface area contributed by atoms with E-state index in [4.69, 9.17) is 17.3 Å². The average molecular weight is 228 g/mol. The molecule has 0 bridgehead atoms. The minimum atomic E-state index is 0.301. The zero-order valence-electron chi connectivity index (χ0n) is 7.95. The fraction of sp³-hybridized carbons (Fsp3) is 0.455. The van der Waals surface area contributed by atoms with Crippen LogP contribution < -0.4 is 5.73 Å². The number of rotatable bonds is 1. The summed E-state index contributed by atoms with van der Waals surface area (Å²) in [6.45, 7) is 0. The molecular weight excluding hydrogens is 214 g/mol. The van der Waals surface area contributed by atoms with E-state index in [1.54, 1.807) is 0 Å². The van der Waals surface area contributed by atoms with Gasteiger partial charge in [-0.15, -0.1) is 0 Å². The molecule has 76 valence electrons. The second kappa shape index (κ2) is 4.56. The van der Waals surface area contributed by atoms with Crippen LogP contribution in [-0.4, -0.2) is 17.5 Å². The number of nitrogens with two attached hydrogens (primary N) is 1. The lowest BCUT2D eigenvalue weighted by Gasteiger charge is -2.28. The Kier molecular flexibility index (Phi) is 3.37. The second-order valence-electron chi connectivity index (χ2n) is 3.69. The maximum absolute atomic E-state index is 6.10. The molecule has 1 aromatic carbocycles. The van der Waals surface area contributed by atoms with Crippen LogP contribution in [0.3, 0.4) is 0 Å². The summed E-state index contributed by atoms with van der Waals surface area (Å²) in [4.78, 5) is 0. The first-order valence-corrected chi connectivity index (χ1v) is 6.39. The van der Waals surface area contributed by atoms with Gasteiger partial charge >= 0.3 is 0 Å². The Morgan fingerprint density at radius 3 is 2.64 bits per heavy atom. The highest BCUT2D eigenvalue weighted by atomic mass is 35.5. The van der Waals surface area contributed by atoms with Gasteiger partial charge in [0.05, 0.1) is 0 Å². The highest BCUT2D eigenvalue weighted by molar-refractivity contribution is 7.99. The van der Waals surface area contributed by atoms with Crippen molar-refractivity contribution in [1.29, 1.82) is 0 Å². The summed E-state index contributed by atoms with van der Waals surface area (Å²) in [6.07, 6.45) is 1.19. The SMILES string of the molecule is NC1CSCCC1c1ccc(Cl)cc1. The van der Waals surface area contributed by atoms with E-state index in [1.165, 1.54) is 17.7 Å². The minimum Gasteiger partial charge on any atom is -0.326 e. The molecule has 1 saturated heterocycles. The number of hydrogen-bond donors (Lipinski definition) is 1. The molecule has 2 rings (SSSR count). The van der Waals surface area contributed by atoms with E-state index >= 15 is 0 Å². The van der Waals surface area contributed by atoms with Crippen molar-refractivity contribution in [2.75, 3.05) is 11.5 Å². The molecule has 1 aromatic rings. The maximum Gasteiger partial charge on any atom is 0.0406 e. The lowest BCUT2D eigenvalue weighted by Crippen LogP contribution is -2.34. The number of hydrogen-bond acceptors (Lipinski definition) is 2. The van der Waals surface area contributed by atoms with Crippen LogP contribution in [0.2, 0.25) is 5.02 Å². The third-order valence-corrected chi connectivity index (χ3v) is 4.10. The molecule has 2 N–H and O–H groups in total. The molecular formula is C11H14ClNS. The Morgan fingerprint density at radius 1 is 1.29 bits per heavy atom. The lowest BCUT2D eigenvalue weighted by molar-refractivity contribution is 0.549. The van der Waals surface area contributed by atoms with Gasteiger partial charge in [0.1, 0.15) is 0 Å². The van der Waals surface area contributed by atoms with Crippen molar-refractivity contribution in [3.05, 3.63) is 34.9 Å². The quantitative estimate of drug-likeness (QED) is 0.799. The summed E-state index contributed by atoms with van der Waals surface area (Å²) in [5.74, 6) is 2.82. The topological polar surface area (TPSA) is 26.0 Å². The molecule has 0 saturated carbocycles. The van der Waals surface area contributed by atoms with Gasteiger partial charge in [-0.1, -0.05) is 23.7 Å². The van der Waals surface area contributed by atoms with Crippen molar-refractivity contribution in [2.45, 2.75) is 18.4 Å². The van der Waals surface area contributed by atoms with Crippen molar-refractivity contribution in [2.24, 2.45) is 5.73 Å². The second-order valence-corrected chi connectivity index (χ2v) is 5.27. The molecule has 1 fully saturated rings. The van der Waals surface area contributed by atoms with E-state index in [2.05, 4.69) is 12.1 Å². The summed E-state index contributed by atoms with van der Waals surface area (Å²) in [5, 5.41) is 0.799. The van der Waals surface area contributed by atoms with Gasteiger partial charge in [0.25, 0.3) is 0 Å². The molecule has 0 amide bonds. The van der Waals surface area contributed by atoms with E-state index in [-0.39, 0.29) is 0 Å². The molecule has 1 aliphatic rings.